The highest BCUT2D eigenvalue weighted by Crippen LogP contribution is 2.03. The van der Waals surface area contributed by atoms with E-state index in [0.717, 1.165) is 6.08 Å². The van der Waals surface area contributed by atoms with Gasteiger partial charge in [-0.25, -0.2) is 8.42 Å². The molecule has 0 aliphatic rings. The minimum atomic E-state index is -4.29. The predicted octanol–water partition coefficient (Wildman–Crippen LogP) is 0.550. The van der Waals surface area contributed by atoms with Crippen molar-refractivity contribution in [2.24, 2.45) is 0 Å². The lowest BCUT2D eigenvalue weighted by molar-refractivity contribution is 0.423. The number of rotatable bonds is 3. The van der Waals surface area contributed by atoms with E-state index in [2.05, 4.69) is 6.58 Å². The summed E-state index contributed by atoms with van der Waals surface area (Å²) in [7, 11) is -4.29. The van der Waals surface area contributed by atoms with Crippen LogP contribution in [0.25, 0.3) is 0 Å². The molecule has 5 heteroatoms. The van der Waals surface area contributed by atoms with Gasteiger partial charge >= 0.3 is 0 Å². The van der Waals surface area contributed by atoms with Crippen LogP contribution in [-0.2, 0) is 10.1 Å². The third kappa shape index (κ3) is 4.58. The summed E-state index contributed by atoms with van der Waals surface area (Å²) in [6.45, 7) is 4.56. The summed E-state index contributed by atoms with van der Waals surface area (Å²) >= 11 is 0. The maximum absolute atomic E-state index is 10.1. The number of aliphatic hydroxyl groups is 1. The Morgan fingerprint density at radius 3 is 2.45 bits per heavy atom. The monoisotopic (exact) mass is 177 g/mol. The number of hydrogen-bond donors (Lipinski definition) is 1. The summed E-state index contributed by atoms with van der Waals surface area (Å²) < 4.78 is 30.4. The third-order valence-electron chi connectivity index (χ3n) is 1.02. The summed E-state index contributed by atoms with van der Waals surface area (Å²) in [6, 6.07) is 0. The summed E-state index contributed by atoms with van der Waals surface area (Å²) in [5.74, 6) is -0.936. The first-order valence-corrected chi connectivity index (χ1v) is 4.39. The molecule has 0 atom stereocenters. The van der Waals surface area contributed by atoms with Crippen LogP contribution in [0.5, 0.6) is 0 Å². The lowest BCUT2D eigenvalue weighted by Crippen LogP contribution is -2.06. The highest BCUT2D eigenvalue weighted by atomic mass is 32.2. The first-order valence-electron chi connectivity index (χ1n) is 2.81. The molecule has 0 aliphatic heterocycles. The molecule has 0 fully saturated rings. The lowest BCUT2D eigenvalue weighted by Gasteiger charge is -2.06. The predicted molar refractivity (Wildman–Crippen MR) is 40.1 cm³/mol. The molecule has 0 radical (unpaired) electrons. The zero-order valence-corrected chi connectivity index (χ0v) is 6.89. The second kappa shape index (κ2) is 3.54. The van der Waals surface area contributed by atoms with E-state index in [-0.39, 0.29) is 11.3 Å². The normalized spacial score (nSPS) is 14.0. The van der Waals surface area contributed by atoms with Gasteiger partial charge in [0.05, 0.1) is 15.9 Å². The minimum Gasteiger partial charge on any atom is -0.748 e. The fourth-order valence-electron chi connectivity index (χ4n) is 0.513. The van der Waals surface area contributed by atoms with Crippen LogP contribution in [0, 0.1) is 0 Å². The minimum absolute atomic E-state index is 0.106. The first kappa shape index (κ1) is 10.2. The molecule has 64 valence electrons. The largest absolute Gasteiger partial charge is 0.748 e. The van der Waals surface area contributed by atoms with E-state index in [0.29, 0.717) is 0 Å². The van der Waals surface area contributed by atoms with Crippen LogP contribution in [0.2, 0.25) is 0 Å². The molecule has 0 aromatic rings. The fourth-order valence-corrected chi connectivity index (χ4v) is 1.19. The molecule has 0 rings (SSSR count). The Morgan fingerprint density at radius 2 is 2.18 bits per heavy atom. The van der Waals surface area contributed by atoms with E-state index < -0.39 is 15.9 Å². The van der Waals surface area contributed by atoms with Gasteiger partial charge in [0, 0.05) is 0 Å². The Labute approximate surface area is 65.6 Å². The highest BCUT2D eigenvalue weighted by Gasteiger charge is 2.00. The van der Waals surface area contributed by atoms with Crippen molar-refractivity contribution in [2.45, 2.75) is 6.92 Å². The van der Waals surface area contributed by atoms with Crippen LogP contribution in [0.4, 0.5) is 0 Å². The van der Waals surface area contributed by atoms with Gasteiger partial charge in [-0.2, -0.15) is 0 Å². The molecule has 0 unspecified atom stereocenters. The molecule has 11 heavy (non-hydrogen) atoms. The topological polar surface area (TPSA) is 77.4 Å². The van der Waals surface area contributed by atoms with Crippen LogP contribution < -0.4 is 0 Å². The molecule has 0 aromatic carbocycles. The molecule has 0 aliphatic carbocycles. The number of allylic oxidation sites excluding steroid dienone is 1. The molecule has 0 aromatic heterocycles. The summed E-state index contributed by atoms with van der Waals surface area (Å²) in [6.07, 6.45) is 1.08. The average Bonchev–Trinajstić information content (AvgIpc) is 1.82. The van der Waals surface area contributed by atoms with E-state index in [9.17, 15) is 13.0 Å². The Hall–Kier alpha value is -0.810. The van der Waals surface area contributed by atoms with Crippen molar-refractivity contribution in [1.82, 2.24) is 0 Å². The summed E-state index contributed by atoms with van der Waals surface area (Å²) in [4.78, 5) is 0. The van der Waals surface area contributed by atoms with Crippen LogP contribution >= 0.6 is 0 Å². The van der Waals surface area contributed by atoms with Gasteiger partial charge < -0.3 is 9.66 Å². The summed E-state index contributed by atoms with van der Waals surface area (Å²) in [5, 5.41) is 8.85. The molecule has 0 amide bonds. The molecule has 0 spiro atoms. The first-order chi connectivity index (χ1) is 4.87. The van der Waals surface area contributed by atoms with Crippen molar-refractivity contribution in [3.63, 3.8) is 0 Å². The molecule has 1 N–H and O–H groups in total. The Kier molecular flexibility index (Phi) is 3.28. The van der Waals surface area contributed by atoms with Crippen LogP contribution in [0.1, 0.15) is 6.92 Å². The maximum Gasteiger partial charge on any atom is 0.114 e. The molecule has 0 bridgehead atoms. The van der Waals surface area contributed by atoms with Crippen molar-refractivity contribution in [3.8, 4) is 0 Å². The fraction of sp³-hybridized carbons (Fsp3) is 0.333. The van der Waals surface area contributed by atoms with E-state index in [1.807, 2.05) is 0 Å². The van der Waals surface area contributed by atoms with Gasteiger partial charge in [0.25, 0.3) is 0 Å². The van der Waals surface area contributed by atoms with Crippen LogP contribution in [-0.4, -0.2) is 23.8 Å². The standard InChI is InChI=1S/C6H10O4S/c1-3-6(7)5(2)4-11(8,9)10/h3,7H,1,4H2,2H3,(H,8,9,10)/p-1/b6-5-. The molecular formula is C6H9O4S-. The van der Waals surface area contributed by atoms with Crippen LogP contribution in [0.3, 0.4) is 0 Å². The summed E-state index contributed by atoms with van der Waals surface area (Å²) in [5.41, 5.74) is 0.106. The van der Waals surface area contributed by atoms with Gasteiger partial charge in [-0.3, -0.25) is 0 Å². The Bertz CT molecular complexity index is 273. The van der Waals surface area contributed by atoms with Gasteiger partial charge in [0.1, 0.15) is 5.76 Å². The van der Waals surface area contributed by atoms with Gasteiger partial charge in [0.2, 0.25) is 0 Å². The van der Waals surface area contributed by atoms with Gasteiger partial charge in [-0.15, -0.1) is 0 Å². The average molecular weight is 177 g/mol. The molecule has 0 saturated carbocycles. The number of aliphatic hydroxyl groups excluding tert-OH is 1. The van der Waals surface area contributed by atoms with E-state index in [4.69, 9.17) is 5.11 Å². The highest BCUT2D eigenvalue weighted by molar-refractivity contribution is 7.85. The molecule has 0 heterocycles. The van der Waals surface area contributed by atoms with Crippen molar-refractivity contribution in [1.29, 1.82) is 0 Å². The molecule has 0 saturated heterocycles. The maximum atomic E-state index is 10.1. The van der Waals surface area contributed by atoms with E-state index in [1.54, 1.807) is 0 Å². The van der Waals surface area contributed by atoms with Crippen molar-refractivity contribution < 1.29 is 18.1 Å². The van der Waals surface area contributed by atoms with E-state index in [1.165, 1.54) is 6.92 Å². The quantitative estimate of drug-likeness (QED) is 0.388. The zero-order valence-electron chi connectivity index (χ0n) is 6.07. The van der Waals surface area contributed by atoms with Gasteiger partial charge in [-0.05, 0) is 18.6 Å². The zero-order chi connectivity index (χ0) is 9.07. The van der Waals surface area contributed by atoms with E-state index >= 15 is 0 Å². The van der Waals surface area contributed by atoms with Gasteiger partial charge in [0.15, 0.2) is 0 Å². The smallest absolute Gasteiger partial charge is 0.114 e. The lowest BCUT2D eigenvalue weighted by atomic mass is 10.3. The molecular weight excluding hydrogens is 168 g/mol. The Balaban J connectivity index is 4.54. The SMILES string of the molecule is C=C/C(O)=C(\C)CS(=O)(=O)[O-]. The van der Waals surface area contributed by atoms with Crippen LogP contribution in [0.15, 0.2) is 24.0 Å². The molecule has 4 nitrogen and oxygen atoms in total. The van der Waals surface area contributed by atoms with Crippen molar-refractivity contribution >= 4 is 10.1 Å². The Morgan fingerprint density at radius 1 is 1.73 bits per heavy atom. The second-order valence-electron chi connectivity index (χ2n) is 2.07. The van der Waals surface area contributed by atoms with Crippen molar-refractivity contribution in [2.75, 3.05) is 5.75 Å². The van der Waals surface area contributed by atoms with Gasteiger partial charge in [-0.1, -0.05) is 6.58 Å². The second-order valence-corrected chi connectivity index (χ2v) is 3.48. The third-order valence-corrected chi connectivity index (χ3v) is 1.81. The van der Waals surface area contributed by atoms with Crippen molar-refractivity contribution in [3.05, 3.63) is 24.0 Å². The number of hydrogen-bond acceptors (Lipinski definition) is 4.